The monoisotopic (exact) mass is 180 g/mol. The number of aldehydes is 1. The second kappa shape index (κ2) is 16.9. The highest BCUT2D eigenvalue weighted by Crippen LogP contribution is 1.73. The molecule has 0 aromatic rings. The summed E-state index contributed by atoms with van der Waals surface area (Å²) in [6.45, 7) is 19.2. The number of hydrogen-bond acceptors (Lipinski definition) is 1. The van der Waals surface area contributed by atoms with Crippen LogP contribution in [0.1, 0.15) is 20.8 Å². The lowest BCUT2D eigenvalue weighted by atomic mass is 10.4. The van der Waals surface area contributed by atoms with Crippen molar-refractivity contribution in [2.75, 3.05) is 0 Å². The van der Waals surface area contributed by atoms with Gasteiger partial charge in [0.05, 0.1) is 0 Å². The molecule has 0 radical (unpaired) electrons. The zero-order valence-electron chi connectivity index (χ0n) is 8.97. The topological polar surface area (TPSA) is 17.1 Å². The molecule has 0 spiro atoms. The number of hydrogen-bond donors (Lipinski definition) is 0. The van der Waals surface area contributed by atoms with Gasteiger partial charge in [-0.2, -0.15) is 0 Å². The summed E-state index contributed by atoms with van der Waals surface area (Å²) >= 11 is 0. The zero-order valence-corrected chi connectivity index (χ0v) is 8.97. The van der Waals surface area contributed by atoms with E-state index in [1.807, 2.05) is 13.8 Å². The van der Waals surface area contributed by atoms with E-state index >= 15 is 0 Å². The van der Waals surface area contributed by atoms with Gasteiger partial charge >= 0.3 is 0 Å². The smallest absolute Gasteiger partial charge is 0.145 e. The molecular weight excluding hydrogens is 160 g/mol. The van der Waals surface area contributed by atoms with Crippen LogP contribution in [0.4, 0.5) is 0 Å². The third kappa shape index (κ3) is 298. The van der Waals surface area contributed by atoms with Crippen molar-refractivity contribution in [3.05, 3.63) is 49.6 Å². The van der Waals surface area contributed by atoms with Gasteiger partial charge in [0.2, 0.25) is 0 Å². The summed E-state index contributed by atoms with van der Waals surface area (Å²) in [6, 6.07) is 0. The van der Waals surface area contributed by atoms with Gasteiger partial charge in [-0.1, -0.05) is 37.5 Å². The molecule has 0 saturated carbocycles. The molecule has 0 amide bonds. The fourth-order valence-electron chi connectivity index (χ4n) is 0. The van der Waals surface area contributed by atoms with Gasteiger partial charge in [-0.05, 0) is 26.3 Å². The van der Waals surface area contributed by atoms with Crippen LogP contribution >= 0.6 is 0 Å². The Balaban J connectivity index is -0.000000117. The van der Waals surface area contributed by atoms with E-state index in [4.69, 9.17) is 0 Å². The van der Waals surface area contributed by atoms with E-state index in [9.17, 15) is 4.79 Å². The maximum Gasteiger partial charge on any atom is 0.145 e. The SMILES string of the molecule is C=C(C)C.C=C(C)C=O.C=CC=C. The van der Waals surface area contributed by atoms with Gasteiger partial charge in [-0.15, -0.1) is 6.58 Å². The third-order valence-corrected chi connectivity index (χ3v) is 0.368. The number of carbonyl (C=O) groups excluding carboxylic acids is 1. The molecule has 0 aromatic carbocycles. The van der Waals surface area contributed by atoms with Gasteiger partial charge in [0.15, 0.2) is 0 Å². The highest BCUT2D eigenvalue weighted by molar-refractivity contribution is 5.70. The molecule has 0 saturated heterocycles. The van der Waals surface area contributed by atoms with Gasteiger partial charge in [0.25, 0.3) is 0 Å². The first-order valence-electron chi connectivity index (χ1n) is 3.88. The van der Waals surface area contributed by atoms with Crippen LogP contribution in [0.5, 0.6) is 0 Å². The maximum atomic E-state index is 9.41. The summed E-state index contributed by atoms with van der Waals surface area (Å²) in [5.74, 6) is 0. The Bertz CT molecular complexity index is 166. The van der Waals surface area contributed by atoms with E-state index in [2.05, 4.69) is 26.3 Å². The van der Waals surface area contributed by atoms with Crippen LogP contribution in [0, 0.1) is 0 Å². The lowest BCUT2D eigenvalue weighted by molar-refractivity contribution is -0.104. The summed E-state index contributed by atoms with van der Waals surface area (Å²) in [7, 11) is 0. The number of rotatable bonds is 2. The summed E-state index contributed by atoms with van der Waals surface area (Å²) < 4.78 is 0. The Morgan fingerprint density at radius 1 is 1.00 bits per heavy atom. The van der Waals surface area contributed by atoms with Gasteiger partial charge < -0.3 is 0 Å². The Hall–Kier alpha value is -1.37. The van der Waals surface area contributed by atoms with Gasteiger partial charge in [0, 0.05) is 0 Å². The Kier molecular flexibility index (Phi) is 23.0. The molecule has 13 heavy (non-hydrogen) atoms. The van der Waals surface area contributed by atoms with Gasteiger partial charge in [0.1, 0.15) is 6.29 Å². The van der Waals surface area contributed by atoms with Crippen LogP contribution in [-0.2, 0) is 4.79 Å². The van der Waals surface area contributed by atoms with Crippen LogP contribution in [-0.4, -0.2) is 6.29 Å². The second-order valence-corrected chi connectivity index (χ2v) is 2.64. The van der Waals surface area contributed by atoms with Gasteiger partial charge in [-0.3, -0.25) is 4.79 Å². The third-order valence-electron chi connectivity index (χ3n) is 0.368. The Morgan fingerprint density at radius 2 is 1.15 bits per heavy atom. The molecule has 1 heteroatoms. The highest BCUT2D eigenvalue weighted by atomic mass is 16.1. The minimum Gasteiger partial charge on any atom is -0.298 e. The molecular formula is C12H20O. The molecule has 0 aliphatic heterocycles. The van der Waals surface area contributed by atoms with Crippen molar-refractivity contribution in [1.82, 2.24) is 0 Å². The average Bonchev–Trinajstić information content (AvgIpc) is 2.04. The first-order valence-corrected chi connectivity index (χ1v) is 3.88. The van der Waals surface area contributed by atoms with Crippen molar-refractivity contribution in [2.45, 2.75) is 20.8 Å². The first kappa shape index (κ1) is 17.6. The van der Waals surface area contributed by atoms with Crippen molar-refractivity contribution in [2.24, 2.45) is 0 Å². The van der Waals surface area contributed by atoms with Crippen LogP contribution in [0.25, 0.3) is 0 Å². The summed E-state index contributed by atoms with van der Waals surface area (Å²) in [4.78, 5) is 9.41. The van der Waals surface area contributed by atoms with E-state index in [0.717, 1.165) is 6.29 Å². The van der Waals surface area contributed by atoms with Crippen LogP contribution < -0.4 is 0 Å². The molecule has 0 aromatic heterocycles. The van der Waals surface area contributed by atoms with Crippen molar-refractivity contribution in [1.29, 1.82) is 0 Å². The molecule has 0 aliphatic carbocycles. The standard InChI is InChI=1S/C4H6O.C4H8.C4H6/c1-4(2)3-5;1-4(2)3;1-3-4-2/h3H,1H2,2H3;1H2,2-3H3;3-4H,1-2H2. The molecule has 0 unspecified atom stereocenters. The van der Waals surface area contributed by atoms with E-state index in [0.29, 0.717) is 5.57 Å². The molecule has 0 fully saturated rings. The van der Waals surface area contributed by atoms with Crippen molar-refractivity contribution in [3.8, 4) is 0 Å². The van der Waals surface area contributed by atoms with Crippen LogP contribution in [0.15, 0.2) is 49.6 Å². The molecule has 0 rings (SSSR count). The van der Waals surface area contributed by atoms with Gasteiger partial charge in [-0.25, -0.2) is 0 Å². The van der Waals surface area contributed by atoms with E-state index < -0.39 is 0 Å². The summed E-state index contributed by atoms with van der Waals surface area (Å²) in [5, 5.41) is 0. The van der Waals surface area contributed by atoms with E-state index in [1.54, 1.807) is 19.1 Å². The zero-order chi connectivity index (χ0) is 11.3. The largest absolute Gasteiger partial charge is 0.298 e. The summed E-state index contributed by atoms with van der Waals surface area (Å²) in [6.07, 6.45) is 4.00. The fourth-order valence-corrected chi connectivity index (χ4v) is 0. The summed E-state index contributed by atoms with van der Waals surface area (Å²) in [5.41, 5.74) is 1.74. The fraction of sp³-hybridized carbons (Fsp3) is 0.250. The molecule has 74 valence electrons. The minimum absolute atomic E-state index is 0.574. The van der Waals surface area contributed by atoms with E-state index in [1.165, 1.54) is 5.57 Å². The second-order valence-electron chi connectivity index (χ2n) is 2.64. The van der Waals surface area contributed by atoms with Crippen LogP contribution in [0.2, 0.25) is 0 Å². The lowest BCUT2D eigenvalue weighted by Crippen LogP contribution is -1.65. The number of allylic oxidation sites excluding steroid dienone is 4. The van der Waals surface area contributed by atoms with E-state index in [-0.39, 0.29) is 0 Å². The molecule has 0 atom stereocenters. The average molecular weight is 180 g/mol. The normalized spacial score (nSPS) is 6.08. The Labute approximate surface area is 82.2 Å². The first-order chi connectivity index (χ1) is 5.92. The predicted octanol–water partition coefficient (Wildman–Crippen LogP) is 3.70. The van der Waals surface area contributed by atoms with Crippen molar-refractivity contribution in [3.63, 3.8) is 0 Å². The maximum absolute atomic E-state index is 9.41. The molecule has 0 aliphatic rings. The molecule has 1 nitrogen and oxygen atoms in total. The van der Waals surface area contributed by atoms with Crippen LogP contribution in [0.3, 0.4) is 0 Å². The Morgan fingerprint density at radius 3 is 1.15 bits per heavy atom. The predicted molar refractivity (Wildman–Crippen MR) is 61.8 cm³/mol. The number of carbonyl (C=O) groups is 1. The minimum atomic E-state index is 0.574. The van der Waals surface area contributed by atoms with Crippen molar-refractivity contribution >= 4 is 6.29 Å². The lowest BCUT2D eigenvalue weighted by Gasteiger charge is -1.65. The quantitative estimate of drug-likeness (QED) is 0.274. The molecule has 0 N–H and O–H groups in total. The molecule has 0 heterocycles. The van der Waals surface area contributed by atoms with Crippen molar-refractivity contribution < 1.29 is 4.79 Å². The molecule has 0 bridgehead atoms. The highest BCUT2D eigenvalue weighted by Gasteiger charge is 1.66.